The molecule has 0 aliphatic carbocycles. The molecule has 0 aliphatic heterocycles. The second-order valence-electron chi connectivity index (χ2n) is 7.14. The zero-order chi connectivity index (χ0) is 23.1. The molecule has 1 N–H and O–H groups in total. The van der Waals surface area contributed by atoms with Gasteiger partial charge in [0.25, 0.3) is 5.91 Å². The van der Waals surface area contributed by atoms with Gasteiger partial charge in [0.1, 0.15) is 23.8 Å². The number of nitrogens with one attached hydrogen (secondary N) is 1. The van der Waals surface area contributed by atoms with Gasteiger partial charge in [0, 0.05) is 13.7 Å². The smallest absolute Gasteiger partial charge is 0.266 e. The van der Waals surface area contributed by atoms with Crippen molar-refractivity contribution in [1.82, 2.24) is 14.9 Å². The fraction of sp³-hybridized carbons (Fsp3) is 0.435. The van der Waals surface area contributed by atoms with Crippen LogP contribution in [0.2, 0.25) is 0 Å². The zero-order valence-electron chi connectivity index (χ0n) is 19.2. The van der Waals surface area contributed by atoms with Crippen LogP contribution in [-0.4, -0.2) is 61.2 Å². The van der Waals surface area contributed by atoms with Gasteiger partial charge >= 0.3 is 0 Å². The van der Waals surface area contributed by atoms with Gasteiger partial charge in [-0.05, 0) is 37.7 Å². The van der Waals surface area contributed by atoms with E-state index in [1.54, 1.807) is 14.2 Å². The Hall–Kier alpha value is -2.75. The first kappa shape index (κ1) is 23.9. The maximum atomic E-state index is 13.2. The summed E-state index contributed by atoms with van der Waals surface area (Å²) in [6.45, 7) is 9.72. The number of likely N-dealkylation sites (N-methyl/N-ethyl adjacent to an activating group) is 1. The van der Waals surface area contributed by atoms with Gasteiger partial charge in [0.05, 0.1) is 23.1 Å². The molecule has 0 aliphatic rings. The number of thiophene rings is 1. The molecule has 0 spiro atoms. The minimum atomic E-state index is -0.222. The molecule has 0 saturated heterocycles. The van der Waals surface area contributed by atoms with Crippen molar-refractivity contribution in [3.63, 3.8) is 0 Å². The van der Waals surface area contributed by atoms with Gasteiger partial charge in [-0.15, -0.1) is 11.3 Å². The number of carbonyl (C=O) groups excluding carboxylic acids is 1. The van der Waals surface area contributed by atoms with Gasteiger partial charge in [-0.3, -0.25) is 4.79 Å². The second-order valence-corrected chi connectivity index (χ2v) is 8.14. The van der Waals surface area contributed by atoms with Crippen LogP contribution in [0.4, 0.5) is 5.69 Å². The number of aryl methyl sites for hydroxylation is 1. The normalized spacial score (nSPS) is 11.2. The summed E-state index contributed by atoms with van der Waals surface area (Å²) in [6.07, 6.45) is 0. The van der Waals surface area contributed by atoms with Crippen molar-refractivity contribution in [1.29, 1.82) is 0 Å². The Morgan fingerprint density at radius 2 is 1.91 bits per heavy atom. The third-order valence-electron chi connectivity index (χ3n) is 5.17. The lowest BCUT2D eigenvalue weighted by molar-refractivity contribution is 0.102. The van der Waals surface area contributed by atoms with E-state index in [0.29, 0.717) is 39.5 Å². The highest BCUT2D eigenvalue weighted by Gasteiger charge is 2.22. The summed E-state index contributed by atoms with van der Waals surface area (Å²) in [6, 6.07) is 7.46. The first-order valence-electron chi connectivity index (χ1n) is 10.6. The van der Waals surface area contributed by atoms with Crippen LogP contribution in [-0.2, 0) is 11.3 Å². The predicted octanol–water partition coefficient (Wildman–Crippen LogP) is 4.13. The van der Waals surface area contributed by atoms with Crippen molar-refractivity contribution in [2.24, 2.45) is 0 Å². The number of methoxy groups -OCH3 is 2. The third-order valence-corrected chi connectivity index (χ3v) is 6.36. The van der Waals surface area contributed by atoms with Gasteiger partial charge < -0.3 is 24.4 Å². The number of ether oxygens (including phenoxy) is 3. The van der Waals surface area contributed by atoms with Crippen molar-refractivity contribution < 1.29 is 19.0 Å². The minimum Gasteiger partial charge on any atom is -0.490 e. The summed E-state index contributed by atoms with van der Waals surface area (Å²) in [5, 5.41) is 3.73. The molecule has 0 bridgehead atoms. The first-order chi connectivity index (χ1) is 15.5. The van der Waals surface area contributed by atoms with Crippen LogP contribution in [0.1, 0.15) is 34.9 Å². The van der Waals surface area contributed by atoms with Crippen molar-refractivity contribution in [2.45, 2.75) is 27.4 Å². The lowest BCUT2D eigenvalue weighted by atomic mass is 10.2. The summed E-state index contributed by atoms with van der Waals surface area (Å²) in [5.74, 6) is 1.37. The predicted molar refractivity (Wildman–Crippen MR) is 127 cm³/mol. The number of amides is 1. The van der Waals surface area contributed by atoms with Crippen LogP contribution >= 0.6 is 11.3 Å². The molecule has 0 unspecified atom stereocenters. The molecular formula is C23H30N4O4S. The minimum absolute atomic E-state index is 0.222. The van der Waals surface area contributed by atoms with Gasteiger partial charge in [-0.25, -0.2) is 4.98 Å². The SMILES string of the molecule is CCN(CC)CCOc1ccccc1NC(=O)c1sc2nc(COC)nc(OC)c2c1C. The van der Waals surface area contributed by atoms with Crippen molar-refractivity contribution in [3.8, 4) is 11.6 Å². The van der Waals surface area contributed by atoms with E-state index in [2.05, 4.69) is 34.0 Å². The molecule has 0 fully saturated rings. The number of hydrogen-bond acceptors (Lipinski definition) is 8. The van der Waals surface area contributed by atoms with E-state index in [1.807, 2.05) is 31.2 Å². The maximum absolute atomic E-state index is 13.2. The number of anilines is 1. The molecule has 0 atom stereocenters. The molecule has 3 aromatic rings. The summed E-state index contributed by atoms with van der Waals surface area (Å²) in [7, 11) is 3.14. The molecule has 0 saturated carbocycles. The van der Waals surface area contributed by atoms with Gasteiger partial charge in [0.15, 0.2) is 5.82 Å². The molecule has 0 radical (unpaired) electrons. The number of nitrogens with zero attached hydrogens (tertiary/aromatic N) is 3. The van der Waals surface area contributed by atoms with E-state index in [-0.39, 0.29) is 12.5 Å². The monoisotopic (exact) mass is 458 g/mol. The maximum Gasteiger partial charge on any atom is 0.266 e. The Morgan fingerprint density at radius 1 is 1.16 bits per heavy atom. The summed E-state index contributed by atoms with van der Waals surface area (Å²) < 4.78 is 16.6. The number of aromatic nitrogens is 2. The Labute approximate surface area is 192 Å². The lowest BCUT2D eigenvalue weighted by Crippen LogP contribution is -2.28. The van der Waals surface area contributed by atoms with Crippen molar-refractivity contribution in [3.05, 3.63) is 40.5 Å². The molecule has 1 amide bonds. The molecule has 2 aromatic heterocycles. The topological polar surface area (TPSA) is 85.8 Å². The van der Waals surface area contributed by atoms with Gasteiger partial charge in [0.2, 0.25) is 5.88 Å². The standard InChI is InChI=1S/C23H30N4O4S/c1-6-27(7-2)12-13-31-17-11-9-8-10-16(17)24-21(28)20-15(3)19-22(30-5)25-18(14-29-4)26-23(19)32-20/h8-11H,6-7,12-14H2,1-5H3,(H,24,28). The molecule has 3 rings (SSSR count). The van der Waals surface area contributed by atoms with Crippen LogP contribution in [0.3, 0.4) is 0 Å². The molecule has 32 heavy (non-hydrogen) atoms. The number of benzene rings is 1. The van der Waals surface area contributed by atoms with Crippen LogP contribution in [0.15, 0.2) is 24.3 Å². The van der Waals surface area contributed by atoms with Crippen LogP contribution < -0.4 is 14.8 Å². The Bertz CT molecular complexity index is 1070. The van der Waals surface area contributed by atoms with Gasteiger partial charge in [-0.1, -0.05) is 26.0 Å². The van der Waals surface area contributed by atoms with E-state index >= 15 is 0 Å². The lowest BCUT2D eigenvalue weighted by Gasteiger charge is -2.19. The van der Waals surface area contributed by atoms with Crippen molar-refractivity contribution in [2.75, 3.05) is 45.8 Å². The summed E-state index contributed by atoms with van der Waals surface area (Å²) >= 11 is 1.31. The largest absolute Gasteiger partial charge is 0.490 e. The number of hydrogen-bond donors (Lipinski definition) is 1. The summed E-state index contributed by atoms with van der Waals surface area (Å²) in [5.41, 5.74) is 1.41. The number of carbonyl (C=O) groups is 1. The zero-order valence-corrected chi connectivity index (χ0v) is 20.0. The highest BCUT2D eigenvalue weighted by atomic mass is 32.1. The van der Waals surface area contributed by atoms with E-state index < -0.39 is 0 Å². The first-order valence-corrected chi connectivity index (χ1v) is 11.4. The van der Waals surface area contributed by atoms with E-state index in [4.69, 9.17) is 14.2 Å². The van der Waals surface area contributed by atoms with Crippen LogP contribution in [0.25, 0.3) is 10.2 Å². The molecule has 172 valence electrons. The molecule has 1 aromatic carbocycles. The van der Waals surface area contributed by atoms with E-state index in [0.717, 1.165) is 30.6 Å². The molecular weight excluding hydrogens is 428 g/mol. The number of para-hydroxylation sites is 2. The van der Waals surface area contributed by atoms with Crippen LogP contribution in [0, 0.1) is 6.92 Å². The highest BCUT2D eigenvalue weighted by molar-refractivity contribution is 7.20. The van der Waals surface area contributed by atoms with Crippen LogP contribution in [0.5, 0.6) is 11.6 Å². The van der Waals surface area contributed by atoms with E-state index in [9.17, 15) is 4.79 Å². The molecule has 2 heterocycles. The average molecular weight is 459 g/mol. The average Bonchev–Trinajstić information content (AvgIpc) is 3.14. The van der Waals surface area contributed by atoms with Crippen molar-refractivity contribution >= 4 is 33.1 Å². The van der Waals surface area contributed by atoms with E-state index in [1.165, 1.54) is 11.3 Å². The quantitative estimate of drug-likeness (QED) is 0.462. The molecule has 8 nitrogen and oxygen atoms in total. The second kappa shape index (κ2) is 11.2. The third kappa shape index (κ3) is 5.35. The fourth-order valence-electron chi connectivity index (χ4n) is 3.40. The fourth-order valence-corrected chi connectivity index (χ4v) is 4.49. The summed E-state index contributed by atoms with van der Waals surface area (Å²) in [4.78, 5) is 25.6. The number of rotatable bonds is 11. The number of fused-ring (bicyclic) bond motifs is 1. The Balaban J connectivity index is 1.82. The Kier molecular flexibility index (Phi) is 8.38. The Morgan fingerprint density at radius 3 is 2.59 bits per heavy atom. The highest BCUT2D eigenvalue weighted by Crippen LogP contribution is 2.36. The molecule has 9 heteroatoms. The van der Waals surface area contributed by atoms with Gasteiger partial charge in [-0.2, -0.15) is 4.98 Å².